The van der Waals surface area contributed by atoms with Gasteiger partial charge in [-0.1, -0.05) is 6.42 Å². The zero-order valence-electron chi connectivity index (χ0n) is 17.5. The standard InChI is InChI=1S/C23H28FN5O/c1-17-7-3-4-13-27(17)16-12-25-22(30)21-18(2)26-29(20-10-8-19(24)9-11-20)23(21)28-14-5-6-15-28/h5-6,8-11,14-15,17H,3-4,7,12-13,16H2,1-2H3,(H,25,30)/t17-/m1/s1. The van der Waals surface area contributed by atoms with Crippen LogP contribution in [0.15, 0.2) is 48.8 Å². The molecule has 3 heterocycles. The minimum Gasteiger partial charge on any atom is -0.351 e. The van der Waals surface area contributed by atoms with Gasteiger partial charge in [0.15, 0.2) is 5.82 Å². The largest absolute Gasteiger partial charge is 0.351 e. The predicted octanol–water partition coefficient (Wildman–Crippen LogP) is 3.71. The number of amides is 1. The monoisotopic (exact) mass is 409 g/mol. The normalized spacial score (nSPS) is 17.2. The minimum absolute atomic E-state index is 0.144. The number of likely N-dealkylation sites (tertiary alicyclic amines) is 1. The molecule has 30 heavy (non-hydrogen) atoms. The smallest absolute Gasteiger partial charge is 0.257 e. The molecule has 0 radical (unpaired) electrons. The zero-order chi connectivity index (χ0) is 21.1. The van der Waals surface area contributed by atoms with E-state index in [4.69, 9.17) is 0 Å². The van der Waals surface area contributed by atoms with E-state index in [0.29, 0.717) is 35.3 Å². The van der Waals surface area contributed by atoms with Gasteiger partial charge in [-0.15, -0.1) is 0 Å². The molecule has 1 aliphatic rings. The Balaban J connectivity index is 1.59. The lowest BCUT2D eigenvalue weighted by Crippen LogP contribution is -2.42. The van der Waals surface area contributed by atoms with Gasteiger partial charge in [0, 0.05) is 31.5 Å². The average molecular weight is 410 g/mol. The highest BCUT2D eigenvalue weighted by Gasteiger charge is 2.24. The van der Waals surface area contributed by atoms with Crippen LogP contribution in [0.4, 0.5) is 4.39 Å². The fourth-order valence-electron chi connectivity index (χ4n) is 4.15. The number of hydrogen-bond acceptors (Lipinski definition) is 3. The van der Waals surface area contributed by atoms with Crippen molar-refractivity contribution in [1.29, 1.82) is 0 Å². The highest BCUT2D eigenvalue weighted by Crippen LogP contribution is 2.23. The van der Waals surface area contributed by atoms with Crippen LogP contribution in [0, 0.1) is 12.7 Å². The zero-order valence-corrected chi connectivity index (χ0v) is 17.5. The summed E-state index contributed by atoms with van der Waals surface area (Å²) in [7, 11) is 0. The fourth-order valence-corrected chi connectivity index (χ4v) is 4.15. The molecule has 6 nitrogen and oxygen atoms in total. The molecule has 2 aromatic heterocycles. The first-order valence-corrected chi connectivity index (χ1v) is 10.6. The number of carbonyl (C=O) groups is 1. The Morgan fingerprint density at radius 2 is 1.93 bits per heavy atom. The van der Waals surface area contributed by atoms with E-state index in [-0.39, 0.29) is 11.7 Å². The van der Waals surface area contributed by atoms with E-state index in [1.807, 2.05) is 36.0 Å². The summed E-state index contributed by atoms with van der Waals surface area (Å²) >= 11 is 0. The van der Waals surface area contributed by atoms with E-state index >= 15 is 0 Å². The van der Waals surface area contributed by atoms with Gasteiger partial charge in [0.1, 0.15) is 11.4 Å². The SMILES string of the molecule is Cc1nn(-c2ccc(F)cc2)c(-n2cccc2)c1C(=O)NCCN1CCCC[C@H]1C. The number of nitrogens with zero attached hydrogens (tertiary/aromatic N) is 4. The van der Waals surface area contributed by atoms with E-state index in [2.05, 4.69) is 22.2 Å². The Hall–Kier alpha value is -2.93. The Bertz CT molecular complexity index is 994. The number of halogens is 1. The summed E-state index contributed by atoms with van der Waals surface area (Å²) in [6.07, 6.45) is 7.48. The van der Waals surface area contributed by atoms with Crippen molar-refractivity contribution in [3.05, 3.63) is 65.9 Å². The summed E-state index contributed by atoms with van der Waals surface area (Å²) < 4.78 is 17.0. The van der Waals surface area contributed by atoms with Crippen molar-refractivity contribution in [2.24, 2.45) is 0 Å². The molecule has 1 aromatic carbocycles. The van der Waals surface area contributed by atoms with Gasteiger partial charge in [-0.25, -0.2) is 9.07 Å². The number of hydrogen-bond donors (Lipinski definition) is 1. The molecule has 0 aliphatic carbocycles. The molecular formula is C23H28FN5O. The van der Waals surface area contributed by atoms with Gasteiger partial charge in [0.2, 0.25) is 0 Å². The number of carbonyl (C=O) groups excluding carboxylic acids is 1. The van der Waals surface area contributed by atoms with Crippen molar-refractivity contribution in [3.63, 3.8) is 0 Å². The third kappa shape index (κ3) is 4.16. The van der Waals surface area contributed by atoms with Crippen LogP contribution in [0.2, 0.25) is 0 Å². The molecule has 0 bridgehead atoms. The third-order valence-electron chi connectivity index (χ3n) is 5.81. The summed E-state index contributed by atoms with van der Waals surface area (Å²) in [5.41, 5.74) is 1.86. The summed E-state index contributed by atoms with van der Waals surface area (Å²) in [5.74, 6) is 0.192. The molecule has 4 rings (SSSR count). The topological polar surface area (TPSA) is 55.1 Å². The van der Waals surface area contributed by atoms with Crippen molar-refractivity contribution in [3.8, 4) is 11.5 Å². The summed E-state index contributed by atoms with van der Waals surface area (Å²) in [4.78, 5) is 15.6. The van der Waals surface area contributed by atoms with Crippen molar-refractivity contribution >= 4 is 5.91 Å². The summed E-state index contributed by atoms with van der Waals surface area (Å²) in [5, 5.41) is 7.68. The van der Waals surface area contributed by atoms with Gasteiger partial charge in [0.05, 0.1) is 11.4 Å². The maximum atomic E-state index is 13.4. The van der Waals surface area contributed by atoms with Gasteiger partial charge in [-0.05, 0) is 69.6 Å². The van der Waals surface area contributed by atoms with Crippen LogP contribution in [0.25, 0.3) is 11.5 Å². The molecule has 1 amide bonds. The summed E-state index contributed by atoms with van der Waals surface area (Å²) in [6.45, 7) is 6.61. The molecule has 1 aliphatic heterocycles. The van der Waals surface area contributed by atoms with Gasteiger partial charge < -0.3 is 9.88 Å². The highest BCUT2D eigenvalue weighted by atomic mass is 19.1. The van der Waals surface area contributed by atoms with Crippen LogP contribution in [0.3, 0.4) is 0 Å². The molecule has 0 unspecified atom stereocenters. The maximum absolute atomic E-state index is 13.4. The van der Waals surface area contributed by atoms with Crippen LogP contribution in [-0.2, 0) is 0 Å². The first-order valence-electron chi connectivity index (χ1n) is 10.6. The average Bonchev–Trinajstić information content (AvgIpc) is 3.37. The molecule has 7 heteroatoms. The van der Waals surface area contributed by atoms with Gasteiger partial charge >= 0.3 is 0 Å². The molecule has 1 saturated heterocycles. The van der Waals surface area contributed by atoms with Crippen molar-refractivity contribution in [2.45, 2.75) is 39.2 Å². The van der Waals surface area contributed by atoms with E-state index < -0.39 is 0 Å². The molecule has 0 spiro atoms. The van der Waals surface area contributed by atoms with E-state index in [0.717, 1.165) is 13.1 Å². The van der Waals surface area contributed by atoms with Gasteiger partial charge in [-0.3, -0.25) is 9.69 Å². The van der Waals surface area contributed by atoms with Crippen LogP contribution in [0.1, 0.15) is 42.2 Å². The Morgan fingerprint density at radius 3 is 2.63 bits per heavy atom. The fraction of sp³-hybridized carbons (Fsp3) is 0.391. The highest BCUT2D eigenvalue weighted by molar-refractivity contribution is 5.98. The molecule has 1 N–H and O–H groups in total. The Kier molecular flexibility index (Phi) is 5.99. The second-order valence-electron chi connectivity index (χ2n) is 7.90. The number of piperidine rings is 1. The number of aromatic nitrogens is 3. The summed E-state index contributed by atoms with van der Waals surface area (Å²) in [6, 6.07) is 10.5. The number of aryl methyl sites for hydroxylation is 1. The molecule has 0 saturated carbocycles. The Morgan fingerprint density at radius 1 is 1.20 bits per heavy atom. The first kappa shape index (κ1) is 20.3. The molecule has 158 valence electrons. The first-order chi connectivity index (χ1) is 14.5. The van der Waals surface area contributed by atoms with Gasteiger partial charge in [0.25, 0.3) is 5.91 Å². The van der Waals surface area contributed by atoms with E-state index in [1.165, 1.54) is 31.4 Å². The second-order valence-corrected chi connectivity index (χ2v) is 7.90. The molecular weight excluding hydrogens is 381 g/mol. The number of benzene rings is 1. The lowest BCUT2D eigenvalue weighted by Gasteiger charge is -2.33. The predicted molar refractivity (Wildman–Crippen MR) is 115 cm³/mol. The lowest BCUT2D eigenvalue weighted by atomic mass is 10.0. The lowest BCUT2D eigenvalue weighted by molar-refractivity contribution is 0.0938. The maximum Gasteiger partial charge on any atom is 0.257 e. The van der Waals surface area contributed by atoms with E-state index in [9.17, 15) is 9.18 Å². The molecule has 3 aromatic rings. The number of nitrogens with one attached hydrogen (secondary N) is 1. The number of rotatable bonds is 6. The van der Waals surface area contributed by atoms with Crippen LogP contribution in [-0.4, -0.2) is 50.8 Å². The van der Waals surface area contributed by atoms with Crippen LogP contribution < -0.4 is 5.32 Å². The Labute approximate surface area is 176 Å². The molecule has 1 fully saturated rings. The van der Waals surface area contributed by atoms with Crippen molar-refractivity contribution in [2.75, 3.05) is 19.6 Å². The quantitative estimate of drug-likeness (QED) is 0.675. The van der Waals surface area contributed by atoms with Crippen molar-refractivity contribution < 1.29 is 9.18 Å². The van der Waals surface area contributed by atoms with E-state index in [1.54, 1.807) is 16.8 Å². The van der Waals surface area contributed by atoms with Crippen LogP contribution >= 0.6 is 0 Å². The van der Waals surface area contributed by atoms with Crippen molar-refractivity contribution in [1.82, 2.24) is 24.6 Å². The second kappa shape index (κ2) is 8.83. The third-order valence-corrected chi connectivity index (χ3v) is 5.81. The van der Waals surface area contributed by atoms with Crippen LogP contribution in [0.5, 0.6) is 0 Å². The molecule has 1 atom stereocenters. The van der Waals surface area contributed by atoms with Gasteiger partial charge in [-0.2, -0.15) is 5.10 Å². The minimum atomic E-state index is -0.310.